The van der Waals surface area contributed by atoms with Gasteiger partial charge in [0.2, 0.25) is 17.5 Å². The smallest absolute Gasteiger partial charge is 0.347 e. The number of hydrogen-bond acceptors (Lipinski definition) is 6. The average molecular weight is 398 g/mol. The Balaban J connectivity index is 1.53. The van der Waals surface area contributed by atoms with Crippen LogP contribution in [0, 0.1) is 0 Å². The Morgan fingerprint density at radius 2 is 2.14 bits per heavy atom. The molecule has 1 aromatic rings. The molecule has 0 amide bonds. The number of pyridine rings is 1. The minimum absolute atomic E-state index is 0.0169. The molecule has 7 heteroatoms. The lowest BCUT2D eigenvalue weighted by Gasteiger charge is -2.24. The van der Waals surface area contributed by atoms with Gasteiger partial charge in [-0.25, -0.2) is 9.78 Å². The summed E-state index contributed by atoms with van der Waals surface area (Å²) >= 11 is 0. The van der Waals surface area contributed by atoms with Crippen LogP contribution < -0.4 is 10.6 Å². The molecule has 1 fully saturated rings. The molecule has 2 aliphatic heterocycles. The highest BCUT2D eigenvalue weighted by Crippen LogP contribution is 2.32. The summed E-state index contributed by atoms with van der Waals surface area (Å²) in [5.41, 5.74) is 2.01. The number of nitrogens with one attached hydrogen (secondary N) is 1. The van der Waals surface area contributed by atoms with Gasteiger partial charge in [0, 0.05) is 24.2 Å². The summed E-state index contributed by atoms with van der Waals surface area (Å²) < 4.78 is 11.3. The second-order valence-corrected chi connectivity index (χ2v) is 8.11. The lowest BCUT2D eigenvalue weighted by molar-refractivity contribution is -0.496. The first-order valence-electron chi connectivity index (χ1n) is 10.4. The Labute approximate surface area is 170 Å². The molecule has 0 radical (unpaired) electrons. The van der Waals surface area contributed by atoms with E-state index < -0.39 is 12.1 Å². The van der Waals surface area contributed by atoms with E-state index in [-0.39, 0.29) is 29.4 Å². The van der Waals surface area contributed by atoms with Crippen LogP contribution in [-0.4, -0.2) is 35.0 Å². The number of Topliss-reactive ketones (excluding diaryl/α,β-unsaturated/α-hetero) is 1. The van der Waals surface area contributed by atoms with Crippen LogP contribution in [0.15, 0.2) is 36.0 Å². The van der Waals surface area contributed by atoms with E-state index in [1.807, 2.05) is 23.6 Å². The first-order chi connectivity index (χ1) is 14.0. The summed E-state index contributed by atoms with van der Waals surface area (Å²) in [6, 6.07) is 4.08. The average Bonchev–Trinajstić information content (AvgIpc) is 3.24. The standard InChI is InChI=1S/C22H27N3O4/c1-13(2)28-22(27)18-19(26)17(29-21(18)25-15-7-4-3-5-8-15)11-14-12-24-20-16(14)9-6-10-23-20/h6,9-10,12-13,15,17,25H,3-5,7-8,11H2,1-2H3,(H,23,24)/p+1. The minimum atomic E-state index is -0.735. The summed E-state index contributed by atoms with van der Waals surface area (Å²) in [4.78, 5) is 30.1. The number of ketones is 1. The molecule has 154 valence electrons. The Bertz CT molecular complexity index is 869. The monoisotopic (exact) mass is 398 g/mol. The van der Waals surface area contributed by atoms with Gasteiger partial charge in [-0.3, -0.25) is 10.1 Å². The highest BCUT2D eigenvalue weighted by Gasteiger charge is 2.42. The van der Waals surface area contributed by atoms with Crippen molar-refractivity contribution in [2.24, 2.45) is 0 Å². The van der Waals surface area contributed by atoms with E-state index in [1.165, 1.54) is 6.42 Å². The molecule has 3 heterocycles. The van der Waals surface area contributed by atoms with Crippen LogP contribution in [0.5, 0.6) is 0 Å². The third kappa shape index (κ3) is 4.19. The first kappa shape index (κ1) is 19.6. The van der Waals surface area contributed by atoms with Gasteiger partial charge in [-0.2, -0.15) is 0 Å². The first-order valence-corrected chi connectivity index (χ1v) is 10.4. The Morgan fingerprint density at radius 3 is 2.90 bits per heavy atom. The summed E-state index contributed by atoms with van der Waals surface area (Å²) in [6.45, 7) is 3.54. The largest absolute Gasteiger partial charge is 0.466 e. The second-order valence-electron chi connectivity index (χ2n) is 8.11. The van der Waals surface area contributed by atoms with E-state index >= 15 is 0 Å². The summed E-state index contributed by atoms with van der Waals surface area (Å²) in [6.07, 6.45) is 8.59. The summed E-state index contributed by atoms with van der Waals surface area (Å²) in [7, 11) is 0. The van der Waals surface area contributed by atoms with E-state index in [0.29, 0.717) is 6.42 Å². The number of rotatable bonds is 6. The van der Waals surface area contributed by atoms with Gasteiger partial charge in [0.15, 0.2) is 11.7 Å². The number of esters is 1. The van der Waals surface area contributed by atoms with E-state index in [2.05, 4.69) is 10.3 Å². The van der Waals surface area contributed by atoms with E-state index in [0.717, 1.165) is 42.6 Å². The lowest BCUT2D eigenvalue weighted by Crippen LogP contribution is -2.70. The maximum atomic E-state index is 13.1. The normalized spacial score (nSPS) is 21.8. The third-order valence-corrected chi connectivity index (χ3v) is 5.55. The molecule has 1 aromatic heterocycles. The van der Waals surface area contributed by atoms with Crippen molar-refractivity contribution < 1.29 is 24.4 Å². The van der Waals surface area contributed by atoms with Crippen LogP contribution in [0.2, 0.25) is 0 Å². The van der Waals surface area contributed by atoms with Crippen LogP contribution in [0.4, 0.5) is 5.82 Å². The van der Waals surface area contributed by atoms with Gasteiger partial charge in [-0.1, -0.05) is 19.3 Å². The number of hydrogen-bond donors (Lipinski definition) is 2. The molecule has 3 aliphatic rings. The van der Waals surface area contributed by atoms with Crippen LogP contribution in [0.25, 0.3) is 5.57 Å². The van der Waals surface area contributed by atoms with Gasteiger partial charge < -0.3 is 14.8 Å². The SMILES string of the molecule is CC(C)OC(=O)C1=C(NC2CCCCC2)OC(CC2=C[NH2+]c3ncccc32)C1=O. The Hall–Kier alpha value is -2.67. The fraction of sp³-hybridized carbons (Fsp3) is 0.500. The van der Waals surface area contributed by atoms with Crippen molar-refractivity contribution in [3.8, 4) is 0 Å². The molecule has 3 N–H and O–H groups in total. The fourth-order valence-corrected chi connectivity index (χ4v) is 4.14. The molecule has 1 unspecified atom stereocenters. The fourth-order valence-electron chi connectivity index (χ4n) is 4.14. The molecule has 1 saturated carbocycles. The van der Waals surface area contributed by atoms with Crippen molar-refractivity contribution in [1.82, 2.24) is 10.3 Å². The summed E-state index contributed by atoms with van der Waals surface area (Å²) in [5.74, 6) is 0.250. The molecule has 1 aliphatic carbocycles. The van der Waals surface area contributed by atoms with Crippen LogP contribution in [0.3, 0.4) is 0 Å². The van der Waals surface area contributed by atoms with Crippen LogP contribution in [0.1, 0.15) is 57.9 Å². The summed E-state index contributed by atoms with van der Waals surface area (Å²) in [5, 5.41) is 5.26. The molecule has 0 saturated heterocycles. The molecule has 0 spiro atoms. The molecule has 7 nitrogen and oxygen atoms in total. The predicted octanol–water partition coefficient (Wildman–Crippen LogP) is 2.07. The van der Waals surface area contributed by atoms with Gasteiger partial charge in [0.05, 0.1) is 11.7 Å². The van der Waals surface area contributed by atoms with Gasteiger partial charge in [0.1, 0.15) is 6.20 Å². The molecular formula is C22H28N3O4+. The number of ether oxygens (including phenoxy) is 2. The van der Waals surface area contributed by atoms with Gasteiger partial charge in [-0.15, -0.1) is 0 Å². The van der Waals surface area contributed by atoms with Crippen molar-refractivity contribution in [2.45, 2.75) is 70.6 Å². The Kier molecular flexibility index (Phi) is 5.67. The van der Waals surface area contributed by atoms with Crippen molar-refractivity contribution in [3.05, 3.63) is 41.5 Å². The Morgan fingerprint density at radius 1 is 1.34 bits per heavy atom. The molecule has 0 aromatic carbocycles. The molecule has 1 atom stereocenters. The van der Waals surface area contributed by atoms with Crippen molar-refractivity contribution >= 4 is 23.1 Å². The highest BCUT2D eigenvalue weighted by atomic mass is 16.6. The predicted molar refractivity (Wildman–Crippen MR) is 107 cm³/mol. The second kappa shape index (κ2) is 8.37. The van der Waals surface area contributed by atoms with Gasteiger partial charge in [-0.05, 0) is 38.8 Å². The van der Waals surface area contributed by atoms with Crippen molar-refractivity contribution in [1.29, 1.82) is 0 Å². The quantitative estimate of drug-likeness (QED) is 0.563. The zero-order valence-corrected chi connectivity index (χ0v) is 16.9. The molecule has 29 heavy (non-hydrogen) atoms. The molecule has 4 rings (SSSR count). The number of nitrogens with two attached hydrogens (primary N) is 1. The third-order valence-electron chi connectivity index (χ3n) is 5.55. The van der Waals surface area contributed by atoms with Crippen molar-refractivity contribution in [3.63, 3.8) is 0 Å². The molecule has 0 bridgehead atoms. The number of nitrogens with zero attached hydrogens (tertiary/aromatic N) is 1. The van der Waals surface area contributed by atoms with Crippen LogP contribution in [-0.2, 0) is 19.1 Å². The maximum Gasteiger partial charge on any atom is 0.347 e. The zero-order valence-electron chi connectivity index (χ0n) is 16.9. The van der Waals surface area contributed by atoms with Crippen LogP contribution >= 0.6 is 0 Å². The topological polar surface area (TPSA) is 94.1 Å². The van der Waals surface area contributed by atoms with Gasteiger partial charge >= 0.3 is 5.97 Å². The number of aromatic nitrogens is 1. The van der Waals surface area contributed by atoms with Gasteiger partial charge in [0.25, 0.3) is 0 Å². The number of carbonyl (C=O) groups excluding carboxylic acids is 2. The lowest BCUT2D eigenvalue weighted by atomic mass is 9.95. The van der Waals surface area contributed by atoms with Crippen molar-refractivity contribution in [2.75, 3.05) is 0 Å². The molecular weight excluding hydrogens is 370 g/mol. The number of carbonyl (C=O) groups is 2. The van der Waals surface area contributed by atoms with E-state index in [4.69, 9.17) is 9.47 Å². The van der Waals surface area contributed by atoms with E-state index in [9.17, 15) is 9.59 Å². The maximum absolute atomic E-state index is 13.1. The highest BCUT2D eigenvalue weighted by molar-refractivity contribution is 6.21. The number of quaternary nitrogens is 1. The zero-order chi connectivity index (χ0) is 20.4. The number of fused-ring (bicyclic) bond motifs is 1. The van der Waals surface area contributed by atoms with E-state index in [1.54, 1.807) is 20.0 Å². The minimum Gasteiger partial charge on any atom is -0.466 e.